The fourth-order valence-corrected chi connectivity index (χ4v) is 2.81. The molecule has 6 nitrogen and oxygen atoms in total. The molecule has 1 aliphatic heterocycles. The molecular weight excluding hydrogens is 304 g/mol. The average molecular weight is 328 g/mol. The molecule has 128 valence electrons. The van der Waals surface area contributed by atoms with E-state index < -0.39 is 0 Å². The van der Waals surface area contributed by atoms with Crippen LogP contribution in [0.1, 0.15) is 63.7 Å². The average Bonchev–Trinajstić information content (AvgIpc) is 3.06. The van der Waals surface area contributed by atoms with Gasteiger partial charge >= 0.3 is 0 Å². The topological polar surface area (TPSA) is 71.3 Å². The van der Waals surface area contributed by atoms with Crippen molar-refractivity contribution < 1.29 is 9.32 Å². The first-order chi connectivity index (χ1) is 11.5. The molecule has 0 spiro atoms. The predicted molar refractivity (Wildman–Crippen MR) is 93.1 cm³/mol. The summed E-state index contributed by atoms with van der Waals surface area (Å²) in [4.78, 5) is 18.4. The molecule has 1 aliphatic rings. The Morgan fingerprint density at radius 3 is 2.79 bits per heavy atom. The molecule has 2 aromatic rings. The zero-order valence-electron chi connectivity index (χ0n) is 14.5. The molecule has 0 aliphatic carbocycles. The first kappa shape index (κ1) is 16.5. The lowest BCUT2D eigenvalue weighted by Crippen LogP contribution is -2.35. The fraction of sp³-hybridized carbons (Fsp3) is 0.500. The van der Waals surface area contributed by atoms with Crippen LogP contribution in [0, 0.1) is 0 Å². The van der Waals surface area contributed by atoms with E-state index in [1.54, 1.807) is 0 Å². The Labute approximate surface area is 142 Å². The van der Waals surface area contributed by atoms with Gasteiger partial charge < -0.3 is 14.7 Å². The van der Waals surface area contributed by atoms with Gasteiger partial charge in [0, 0.05) is 30.3 Å². The molecular formula is C18H24N4O2. The summed E-state index contributed by atoms with van der Waals surface area (Å²) in [6.07, 6.45) is 2.67. The van der Waals surface area contributed by atoms with Gasteiger partial charge in [-0.2, -0.15) is 4.98 Å². The summed E-state index contributed by atoms with van der Waals surface area (Å²) in [5, 5.41) is 7.37. The molecule has 1 N–H and O–H groups in total. The number of carbonyl (C=O) groups is 1. The number of aromatic nitrogens is 2. The Kier molecular flexibility index (Phi) is 4.83. The van der Waals surface area contributed by atoms with E-state index in [4.69, 9.17) is 4.52 Å². The Hall–Kier alpha value is -2.37. The first-order valence-electron chi connectivity index (χ1n) is 8.55. The lowest BCUT2D eigenvalue weighted by atomic mass is 10.1. The lowest BCUT2D eigenvalue weighted by Gasteiger charge is -2.27. The van der Waals surface area contributed by atoms with Gasteiger partial charge in [-0.3, -0.25) is 4.79 Å². The van der Waals surface area contributed by atoms with Crippen molar-refractivity contribution in [2.24, 2.45) is 0 Å². The van der Waals surface area contributed by atoms with Crippen LogP contribution in [-0.4, -0.2) is 22.6 Å². The zero-order chi connectivity index (χ0) is 17.1. The fourth-order valence-electron chi connectivity index (χ4n) is 2.81. The number of carbonyl (C=O) groups excluding carboxylic acids is 1. The molecule has 0 saturated carbocycles. The minimum Gasteiger partial charge on any atom is -0.374 e. The second-order valence-electron chi connectivity index (χ2n) is 6.56. The maximum absolute atomic E-state index is 12.1. The molecule has 1 unspecified atom stereocenters. The quantitative estimate of drug-likeness (QED) is 0.902. The van der Waals surface area contributed by atoms with Crippen LogP contribution >= 0.6 is 0 Å². The standard InChI is InChI=1S/C18H24N4O2/c1-12(2)17-20-18(24-21-17)13(3)19-14-7-6-8-15(11-14)22-10-5-4-9-16(22)23/h6-8,11-13,19H,4-5,9-10H2,1-3H3. The Morgan fingerprint density at radius 2 is 2.08 bits per heavy atom. The van der Waals surface area contributed by atoms with Crippen LogP contribution < -0.4 is 10.2 Å². The third-order valence-electron chi connectivity index (χ3n) is 4.21. The van der Waals surface area contributed by atoms with Crippen LogP contribution in [0.3, 0.4) is 0 Å². The van der Waals surface area contributed by atoms with E-state index in [2.05, 4.69) is 15.5 Å². The molecule has 1 fully saturated rings. The molecule has 1 aromatic carbocycles. The Morgan fingerprint density at radius 1 is 1.25 bits per heavy atom. The van der Waals surface area contributed by atoms with Crippen molar-refractivity contribution in [2.45, 2.75) is 52.0 Å². The van der Waals surface area contributed by atoms with Crippen molar-refractivity contribution in [1.82, 2.24) is 10.1 Å². The number of amides is 1. The number of anilines is 2. The highest BCUT2D eigenvalue weighted by Crippen LogP contribution is 2.26. The third kappa shape index (κ3) is 3.58. The smallest absolute Gasteiger partial charge is 0.248 e. The molecule has 6 heteroatoms. The van der Waals surface area contributed by atoms with Crippen molar-refractivity contribution in [3.8, 4) is 0 Å². The summed E-state index contributed by atoms with van der Waals surface area (Å²) in [7, 11) is 0. The van der Waals surface area contributed by atoms with Crippen LogP contribution in [0.5, 0.6) is 0 Å². The van der Waals surface area contributed by atoms with Gasteiger partial charge in [0.1, 0.15) is 6.04 Å². The van der Waals surface area contributed by atoms with Crippen molar-refractivity contribution in [3.63, 3.8) is 0 Å². The maximum atomic E-state index is 12.1. The second-order valence-corrected chi connectivity index (χ2v) is 6.56. The number of piperidine rings is 1. The minimum absolute atomic E-state index is 0.0997. The summed E-state index contributed by atoms with van der Waals surface area (Å²) in [6, 6.07) is 7.81. The molecule has 1 amide bonds. The van der Waals surface area contributed by atoms with Gasteiger partial charge in [0.05, 0.1) is 0 Å². The highest BCUT2D eigenvalue weighted by atomic mass is 16.5. The second kappa shape index (κ2) is 7.03. The van der Waals surface area contributed by atoms with E-state index in [-0.39, 0.29) is 17.9 Å². The lowest BCUT2D eigenvalue weighted by molar-refractivity contribution is -0.119. The van der Waals surface area contributed by atoms with Crippen LogP contribution in [0.4, 0.5) is 11.4 Å². The zero-order valence-corrected chi connectivity index (χ0v) is 14.5. The van der Waals surface area contributed by atoms with E-state index in [0.717, 1.165) is 30.8 Å². The number of hydrogen-bond donors (Lipinski definition) is 1. The minimum atomic E-state index is -0.0997. The molecule has 1 aromatic heterocycles. The molecule has 0 bridgehead atoms. The van der Waals surface area contributed by atoms with Gasteiger partial charge in [0.15, 0.2) is 5.82 Å². The van der Waals surface area contributed by atoms with E-state index in [1.165, 1.54) is 0 Å². The first-order valence-corrected chi connectivity index (χ1v) is 8.55. The van der Waals surface area contributed by atoms with Gasteiger partial charge in [-0.05, 0) is 38.0 Å². The summed E-state index contributed by atoms with van der Waals surface area (Å²) in [5.74, 6) is 1.72. The van der Waals surface area contributed by atoms with Crippen LogP contribution in [0.25, 0.3) is 0 Å². The SMILES string of the molecule is CC(C)c1noc(C(C)Nc2cccc(N3CCCCC3=O)c2)n1. The molecule has 0 radical (unpaired) electrons. The number of nitrogens with one attached hydrogen (secondary N) is 1. The van der Waals surface area contributed by atoms with E-state index in [9.17, 15) is 4.79 Å². The van der Waals surface area contributed by atoms with Crippen molar-refractivity contribution >= 4 is 17.3 Å². The van der Waals surface area contributed by atoms with E-state index in [0.29, 0.717) is 18.1 Å². The predicted octanol–water partition coefficient (Wildman–Crippen LogP) is 3.88. The Balaban J connectivity index is 1.72. The van der Waals surface area contributed by atoms with Gasteiger partial charge in [0.25, 0.3) is 0 Å². The highest BCUT2D eigenvalue weighted by molar-refractivity contribution is 5.94. The van der Waals surface area contributed by atoms with E-state index in [1.807, 2.05) is 49.9 Å². The van der Waals surface area contributed by atoms with Crippen LogP contribution in [0.15, 0.2) is 28.8 Å². The summed E-state index contributed by atoms with van der Waals surface area (Å²) in [5.41, 5.74) is 1.87. The van der Waals surface area contributed by atoms with Crippen molar-refractivity contribution in [2.75, 3.05) is 16.8 Å². The van der Waals surface area contributed by atoms with E-state index >= 15 is 0 Å². The van der Waals surface area contributed by atoms with Crippen LogP contribution in [-0.2, 0) is 4.79 Å². The summed E-state index contributed by atoms with van der Waals surface area (Å²) in [6.45, 7) is 6.84. The maximum Gasteiger partial charge on any atom is 0.248 e. The molecule has 2 heterocycles. The molecule has 1 atom stereocenters. The molecule has 3 rings (SSSR count). The normalized spacial score (nSPS) is 16.5. The number of hydrogen-bond acceptors (Lipinski definition) is 5. The summed E-state index contributed by atoms with van der Waals surface area (Å²) < 4.78 is 5.34. The van der Waals surface area contributed by atoms with Crippen molar-refractivity contribution in [3.05, 3.63) is 36.0 Å². The third-order valence-corrected chi connectivity index (χ3v) is 4.21. The monoisotopic (exact) mass is 328 g/mol. The number of rotatable bonds is 5. The van der Waals surface area contributed by atoms with Gasteiger partial charge in [-0.25, -0.2) is 0 Å². The van der Waals surface area contributed by atoms with Gasteiger partial charge in [-0.1, -0.05) is 25.1 Å². The molecule has 24 heavy (non-hydrogen) atoms. The van der Waals surface area contributed by atoms with Gasteiger partial charge in [-0.15, -0.1) is 0 Å². The van der Waals surface area contributed by atoms with Gasteiger partial charge in [0.2, 0.25) is 11.8 Å². The number of benzene rings is 1. The molecule has 1 saturated heterocycles. The van der Waals surface area contributed by atoms with Crippen molar-refractivity contribution in [1.29, 1.82) is 0 Å². The highest BCUT2D eigenvalue weighted by Gasteiger charge is 2.20. The Bertz CT molecular complexity index is 711. The van der Waals surface area contributed by atoms with Crippen LogP contribution in [0.2, 0.25) is 0 Å². The summed E-state index contributed by atoms with van der Waals surface area (Å²) >= 11 is 0. The largest absolute Gasteiger partial charge is 0.374 e. The number of nitrogens with zero attached hydrogens (tertiary/aromatic N) is 3.